The van der Waals surface area contributed by atoms with Crippen LogP contribution in [0.5, 0.6) is 0 Å². The van der Waals surface area contributed by atoms with Gasteiger partial charge in [0.15, 0.2) is 0 Å². The summed E-state index contributed by atoms with van der Waals surface area (Å²) in [4.78, 5) is 24.9. The Morgan fingerprint density at radius 2 is 2.05 bits per heavy atom. The van der Waals surface area contributed by atoms with E-state index in [-0.39, 0.29) is 0 Å². The lowest BCUT2D eigenvalue weighted by Crippen LogP contribution is -2.47. The summed E-state index contributed by atoms with van der Waals surface area (Å²) in [5.74, 6) is -1.03. The van der Waals surface area contributed by atoms with Crippen molar-refractivity contribution in [1.82, 2.24) is 15.5 Å². The van der Waals surface area contributed by atoms with Crippen molar-refractivity contribution in [2.75, 3.05) is 33.9 Å². The summed E-state index contributed by atoms with van der Waals surface area (Å²) in [6.07, 6.45) is 1.98. The monoisotopic (exact) mass is 303 g/mol. The van der Waals surface area contributed by atoms with E-state index in [1.165, 1.54) is 0 Å². The molecule has 0 heterocycles. The highest BCUT2D eigenvalue weighted by Crippen LogP contribution is 1.99. The van der Waals surface area contributed by atoms with Crippen molar-refractivity contribution < 1.29 is 19.4 Å². The van der Waals surface area contributed by atoms with E-state index < -0.39 is 18.0 Å². The van der Waals surface area contributed by atoms with Crippen molar-refractivity contribution in [2.45, 2.75) is 45.2 Å². The van der Waals surface area contributed by atoms with Gasteiger partial charge in [-0.15, -0.1) is 0 Å². The highest BCUT2D eigenvalue weighted by atomic mass is 16.5. The lowest BCUT2D eigenvalue weighted by atomic mass is 10.1. The van der Waals surface area contributed by atoms with Crippen LogP contribution in [0.1, 0.15) is 33.1 Å². The molecule has 0 saturated heterocycles. The third kappa shape index (κ3) is 9.25. The van der Waals surface area contributed by atoms with Gasteiger partial charge in [0.1, 0.15) is 6.04 Å². The molecule has 0 aromatic carbocycles. The number of nitrogens with one attached hydrogen (secondary N) is 2. The van der Waals surface area contributed by atoms with Gasteiger partial charge in [0, 0.05) is 32.8 Å². The Bertz CT molecular complexity index is 313. The summed E-state index contributed by atoms with van der Waals surface area (Å²) in [7, 11) is 3.56. The number of hydrogen-bond acceptors (Lipinski definition) is 4. The molecule has 0 rings (SSSR count). The van der Waals surface area contributed by atoms with Crippen molar-refractivity contribution in [3.8, 4) is 0 Å². The smallest absolute Gasteiger partial charge is 0.326 e. The minimum atomic E-state index is -1.03. The van der Waals surface area contributed by atoms with E-state index in [9.17, 15) is 9.59 Å². The normalized spacial score (nSPS) is 13.8. The quantitative estimate of drug-likeness (QED) is 0.493. The maximum Gasteiger partial charge on any atom is 0.326 e. The summed E-state index contributed by atoms with van der Waals surface area (Å²) in [5, 5.41) is 14.2. The molecule has 0 radical (unpaired) electrons. The zero-order valence-corrected chi connectivity index (χ0v) is 13.5. The lowest BCUT2D eigenvalue weighted by molar-refractivity contribution is -0.139. The maximum atomic E-state index is 11.7. The fourth-order valence-electron chi connectivity index (χ4n) is 1.78. The van der Waals surface area contributed by atoms with Crippen LogP contribution in [0.15, 0.2) is 0 Å². The van der Waals surface area contributed by atoms with Crippen LogP contribution >= 0.6 is 0 Å². The highest BCUT2D eigenvalue weighted by Gasteiger charge is 2.19. The summed E-state index contributed by atoms with van der Waals surface area (Å²) < 4.78 is 4.87. The predicted molar refractivity (Wildman–Crippen MR) is 81.5 cm³/mol. The van der Waals surface area contributed by atoms with Crippen LogP contribution in [0.4, 0.5) is 4.79 Å². The molecule has 7 heteroatoms. The van der Waals surface area contributed by atoms with E-state index in [0.29, 0.717) is 32.0 Å². The van der Waals surface area contributed by atoms with Crippen LogP contribution in [-0.4, -0.2) is 67.9 Å². The van der Waals surface area contributed by atoms with E-state index in [0.717, 1.165) is 13.0 Å². The van der Waals surface area contributed by atoms with Gasteiger partial charge >= 0.3 is 12.0 Å². The average molecular weight is 303 g/mol. The Balaban J connectivity index is 4.00. The Hall–Kier alpha value is -1.34. The number of carbonyl (C=O) groups excluding carboxylic acids is 1. The molecule has 0 spiro atoms. The SMILES string of the molecule is CCC(C)N(C)CCNC(=O)NC(CCCOC)C(=O)O. The predicted octanol–water partition coefficient (Wildman–Crippen LogP) is 0.896. The zero-order chi connectivity index (χ0) is 16.3. The molecule has 0 aliphatic carbocycles. The fourth-order valence-corrected chi connectivity index (χ4v) is 1.78. The number of aliphatic carboxylic acids is 1. The van der Waals surface area contributed by atoms with Gasteiger partial charge in [-0.25, -0.2) is 9.59 Å². The van der Waals surface area contributed by atoms with E-state index >= 15 is 0 Å². The second-order valence-corrected chi connectivity index (χ2v) is 5.16. The topological polar surface area (TPSA) is 90.9 Å². The molecule has 0 aliphatic rings. The van der Waals surface area contributed by atoms with E-state index in [1.807, 2.05) is 7.05 Å². The molecule has 3 N–H and O–H groups in total. The van der Waals surface area contributed by atoms with Crippen LogP contribution in [0, 0.1) is 0 Å². The first-order valence-corrected chi connectivity index (χ1v) is 7.38. The first kappa shape index (κ1) is 19.7. The maximum absolute atomic E-state index is 11.7. The lowest BCUT2D eigenvalue weighted by Gasteiger charge is -2.23. The number of likely N-dealkylation sites (N-methyl/N-ethyl adjacent to an activating group) is 1. The number of hydrogen-bond donors (Lipinski definition) is 3. The molecule has 2 amide bonds. The van der Waals surface area contributed by atoms with E-state index in [4.69, 9.17) is 9.84 Å². The Morgan fingerprint density at radius 1 is 1.38 bits per heavy atom. The van der Waals surface area contributed by atoms with Gasteiger partial charge in [-0.3, -0.25) is 0 Å². The third-order valence-electron chi connectivity index (χ3n) is 3.54. The number of carbonyl (C=O) groups is 2. The van der Waals surface area contributed by atoms with Gasteiger partial charge in [0.05, 0.1) is 0 Å². The van der Waals surface area contributed by atoms with Gasteiger partial charge in [-0.05, 0) is 33.2 Å². The van der Waals surface area contributed by atoms with Crippen LogP contribution in [0.3, 0.4) is 0 Å². The molecule has 2 atom stereocenters. The van der Waals surface area contributed by atoms with Crippen molar-refractivity contribution in [3.63, 3.8) is 0 Å². The number of carboxylic acid groups (broad SMARTS) is 1. The average Bonchev–Trinajstić information content (AvgIpc) is 2.45. The minimum absolute atomic E-state index is 0.351. The number of carboxylic acids is 1. The molecule has 0 saturated carbocycles. The third-order valence-corrected chi connectivity index (χ3v) is 3.54. The number of rotatable bonds is 11. The molecular weight excluding hydrogens is 274 g/mol. The molecule has 21 heavy (non-hydrogen) atoms. The van der Waals surface area contributed by atoms with E-state index in [1.54, 1.807) is 7.11 Å². The van der Waals surface area contributed by atoms with Gasteiger partial charge < -0.3 is 25.4 Å². The Kier molecular flexibility index (Phi) is 10.6. The van der Waals surface area contributed by atoms with Crippen molar-refractivity contribution >= 4 is 12.0 Å². The molecule has 0 aromatic heterocycles. The summed E-state index contributed by atoms with van der Waals surface area (Å²) in [6, 6.07) is -0.875. The second kappa shape index (κ2) is 11.3. The largest absolute Gasteiger partial charge is 0.480 e. The van der Waals surface area contributed by atoms with Gasteiger partial charge in [0.2, 0.25) is 0 Å². The Labute approximate surface area is 127 Å². The molecule has 0 fully saturated rings. The molecule has 0 aromatic rings. The van der Waals surface area contributed by atoms with E-state index in [2.05, 4.69) is 29.4 Å². The number of methoxy groups -OCH3 is 1. The molecule has 7 nitrogen and oxygen atoms in total. The zero-order valence-electron chi connectivity index (χ0n) is 13.5. The van der Waals surface area contributed by atoms with Crippen LogP contribution < -0.4 is 10.6 Å². The first-order valence-electron chi connectivity index (χ1n) is 7.38. The summed E-state index contributed by atoms with van der Waals surface area (Å²) >= 11 is 0. The van der Waals surface area contributed by atoms with Crippen LogP contribution in [-0.2, 0) is 9.53 Å². The molecule has 2 unspecified atom stereocenters. The first-order chi connectivity index (χ1) is 9.92. The molecule has 124 valence electrons. The molecular formula is C14H29N3O4. The summed E-state index contributed by atoms with van der Waals surface area (Å²) in [6.45, 7) is 5.92. The van der Waals surface area contributed by atoms with Gasteiger partial charge in [-0.1, -0.05) is 6.92 Å². The number of nitrogens with zero attached hydrogens (tertiary/aromatic N) is 1. The standard InChI is InChI=1S/C14H29N3O4/c1-5-11(2)17(3)9-8-15-14(20)16-12(13(18)19)7-6-10-21-4/h11-12H,5-10H2,1-4H3,(H,18,19)(H2,15,16,20). The fraction of sp³-hybridized carbons (Fsp3) is 0.857. The van der Waals surface area contributed by atoms with Crippen LogP contribution in [0.25, 0.3) is 0 Å². The minimum Gasteiger partial charge on any atom is -0.480 e. The Morgan fingerprint density at radius 3 is 2.57 bits per heavy atom. The van der Waals surface area contributed by atoms with Crippen molar-refractivity contribution in [2.24, 2.45) is 0 Å². The van der Waals surface area contributed by atoms with Gasteiger partial charge in [-0.2, -0.15) is 0 Å². The number of amides is 2. The van der Waals surface area contributed by atoms with Crippen molar-refractivity contribution in [1.29, 1.82) is 0 Å². The van der Waals surface area contributed by atoms with Crippen LogP contribution in [0.2, 0.25) is 0 Å². The molecule has 0 aliphatic heterocycles. The number of ether oxygens (including phenoxy) is 1. The summed E-state index contributed by atoms with van der Waals surface area (Å²) in [5.41, 5.74) is 0. The highest BCUT2D eigenvalue weighted by molar-refractivity contribution is 5.82. The second-order valence-electron chi connectivity index (χ2n) is 5.16. The number of urea groups is 1. The van der Waals surface area contributed by atoms with Gasteiger partial charge in [0.25, 0.3) is 0 Å². The molecule has 0 bridgehead atoms. The van der Waals surface area contributed by atoms with Crippen molar-refractivity contribution in [3.05, 3.63) is 0 Å².